The summed E-state index contributed by atoms with van der Waals surface area (Å²) in [5.74, 6) is -0.383. The molecule has 0 radical (unpaired) electrons. The summed E-state index contributed by atoms with van der Waals surface area (Å²) in [4.78, 5) is 36.2. The Kier molecular flexibility index (Phi) is 4.35. The predicted octanol–water partition coefficient (Wildman–Crippen LogP) is 3.26. The highest BCUT2D eigenvalue weighted by Gasteiger charge is 2.15. The number of hydrogen-bond acceptors (Lipinski definition) is 5. The van der Waals surface area contributed by atoms with Crippen molar-refractivity contribution in [3.8, 4) is 5.75 Å². The topological polar surface area (TPSA) is 85.6 Å². The molecule has 0 spiro atoms. The minimum absolute atomic E-state index is 0.149. The van der Waals surface area contributed by atoms with E-state index in [0.717, 1.165) is 0 Å². The molecule has 0 atom stereocenters. The average molecular weight is 337 g/mol. The quantitative estimate of drug-likeness (QED) is 0.739. The van der Waals surface area contributed by atoms with Crippen LogP contribution >= 0.6 is 0 Å². The molecule has 0 saturated heterocycles. The van der Waals surface area contributed by atoms with Gasteiger partial charge < -0.3 is 14.5 Å². The van der Waals surface area contributed by atoms with Gasteiger partial charge in [-0.3, -0.25) is 9.59 Å². The van der Waals surface area contributed by atoms with E-state index in [2.05, 4.69) is 5.32 Å². The van der Waals surface area contributed by atoms with Crippen molar-refractivity contribution >= 4 is 28.2 Å². The van der Waals surface area contributed by atoms with Crippen LogP contribution in [0.25, 0.3) is 10.8 Å². The van der Waals surface area contributed by atoms with Crippen LogP contribution in [0.1, 0.15) is 27.8 Å². The summed E-state index contributed by atoms with van der Waals surface area (Å²) >= 11 is 0. The average Bonchev–Trinajstić information content (AvgIpc) is 2.61. The normalized spacial score (nSPS) is 10.5. The van der Waals surface area contributed by atoms with Gasteiger partial charge in [0.25, 0.3) is 5.91 Å². The Morgan fingerprint density at radius 1 is 1.08 bits per heavy atom. The fourth-order valence-corrected chi connectivity index (χ4v) is 2.49. The number of methoxy groups -OCH3 is 1. The molecule has 6 nitrogen and oxygen atoms in total. The van der Waals surface area contributed by atoms with Crippen LogP contribution < -0.4 is 15.7 Å². The minimum Gasteiger partial charge on any atom is -0.497 e. The van der Waals surface area contributed by atoms with Gasteiger partial charge in [-0.15, -0.1) is 0 Å². The van der Waals surface area contributed by atoms with Crippen LogP contribution in [-0.4, -0.2) is 18.8 Å². The van der Waals surface area contributed by atoms with E-state index < -0.39 is 11.5 Å². The van der Waals surface area contributed by atoms with Gasteiger partial charge in [0.2, 0.25) is 0 Å². The molecule has 0 bridgehead atoms. The zero-order chi connectivity index (χ0) is 18.0. The van der Waals surface area contributed by atoms with Crippen molar-refractivity contribution in [2.75, 3.05) is 12.4 Å². The predicted molar refractivity (Wildman–Crippen MR) is 93.4 cm³/mol. The molecule has 3 aromatic rings. The molecule has 0 aliphatic carbocycles. The summed E-state index contributed by atoms with van der Waals surface area (Å²) in [5.41, 5.74) is 0.110. The number of anilines is 1. The number of ether oxygens (including phenoxy) is 1. The van der Waals surface area contributed by atoms with Crippen molar-refractivity contribution in [1.29, 1.82) is 0 Å². The van der Waals surface area contributed by atoms with Gasteiger partial charge in [0.15, 0.2) is 11.5 Å². The van der Waals surface area contributed by atoms with E-state index >= 15 is 0 Å². The van der Waals surface area contributed by atoms with Gasteiger partial charge in [-0.25, -0.2) is 4.79 Å². The Balaban J connectivity index is 2.00. The fraction of sp³-hybridized carbons (Fsp3) is 0.105. The largest absolute Gasteiger partial charge is 0.497 e. The van der Waals surface area contributed by atoms with E-state index in [0.29, 0.717) is 27.8 Å². The number of Topliss-reactive ketones (excluding diaryl/α,β-unsaturated/α-hetero) is 1. The molecular formula is C19H15NO5. The van der Waals surface area contributed by atoms with E-state index in [-0.39, 0.29) is 11.5 Å². The second-order valence-electron chi connectivity index (χ2n) is 5.41. The van der Waals surface area contributed by atoms with Crippen molar-refractivity contribution in [3.63, 3.8) is 0 Å². The SMILES string of the molecule is COc1ccc2c(=O)oc(C(=O)Nc3ccccc3C(C)=O)cc2c1. The molecule has 0 aliphatic heterocycles. The summed E-state index contributed by atoms with van der Waals surface area (Å²) in [6.07, 6.45) is 0. The fourth-order valence-electron chi connectivity index (χ4n) is 2.49. The number of rotatable bonds is 4. The van der Waals surface area contributed by atoms with Crippen LogP contribution in [-0.2, 0) is 0 Å². The van der Waals surface area contributed by atoms with Crippen molar-refractivity contribution in [2.45, 2.75) is 6.92 Å². The van der Waals surface area contributed by atoms with Crippen molar-refractivity contribution in [3.05, 3.63) is 70.3 Å². The first-order valence-corrected chi connectivity index (χ1v) is 7.53. The molecule has 6 heteroatoms. The number of benzene rings is 2. The summed E-state index contributed by atoms with van der Waals surface area (Å²) < 4.78 is 10.2. The third kappa shape index (κ3) is 3.28. The smallest absolute Gasteiger partial charge is 0.344 e. The Morgan fingerprint density at radius 2 is 1.84 bits per heavy atom. The molecular weight excluding hydrogens is 322 g/mol. The van der Waals surface area contributed by atoms with Gasteiger partial charge in [0.05, 0.1) is 18.2 Å². The van der Waals surface area contributed by atoms with Crippen LogP contribution in [0.3, 0.4) is 0 Å². The van der Waals surface area contributed by atoms with Gasteiger partial charge in [-0.2, -0.15) is 0 Å². The molecule has 0 aliphatic rings. The lowest BCUT2D eigenvalue weighted by Gasteiger charge is -2.09. The van der Waals surface area contributed by atoms with Crippen LogP contribution in [0.5, 0.6) is 5.75 Å². The molecule has 126 valence electrons. The van der Waals surface area contributed by atoms with Gasteiger partial charge in [0.1, 0.15) is 5.75 Å². The number of fused-ring (bicyclic) bond motifs is 1. The van der Waals surface area contributed by atoms with Gasteiger partial charge in [0, 0.05) is 5.56 Å². The maximum absolute atomic E-state index is 12.5. The standard InChI is InChI=1S/C19H15NO5/c1-11(21)14-5-3-4-6-16(14)20-18(22)17-10-12-9-13(24-2)7-8-15(12)19(23)25-17/h3-10H,1-2H3,(H,20,22). The summed E-state index contributed by atoms with van der Waals surface area (Å²) in [5, 5.41) is 3.48. The van der Waals surface area contributed by atoms with E-state index in [1.165, 1.54) is 20.1 Å². The lowest BCUT2D eigenvalue weighted by atomic mass is 10.1. The highest BCUT2D eigenvalue weighted by atomic mass is 16.5. The molecule has 25 heavy (non-hydrogen) atoms. The van der Waals surface area contributed by atoms with Crippen LogP contribution in [0, 0.1) is 0 Å². The minimum atomic E-state index is -0.620. The van der Waals surface area contributed by atoms with Crippen molar-refractivity contribution < 1.29 is 18.7 Å². The number of hydrogen-bond donors (Lipinski definition) is 1. The molecule has 1 heterocycles. The van der Waals surface area contributed by atoms with Crippen LogP contribution in [0.2, 0.25) is 0 Å². The highest BCUT2D eigenvalue weighted by Crippen LogP contribution is 2.21. The van der Waals surface area contributed by atoms with E-state index in [1.54, 1.807) is 42.5 Å². The van der Waals surface area contributed by atoms with E-state index in [9.17, 15) is 14.4 Å². The van der Waals surface area contributed by atoms with Crippen molar-refractivity contribution in [1.82, 2.24) is 0 Å². The monoisotopic (exact) mass is 337 g/mol. The Morgan fingerprint density at radius 3 is 2.56 bits per heavy atom. The van der Waals surface area contributed by atoms with Crippen LogP contribution in [0.15, 0.2) is 57.7 Å². The number of para-hydroxylation sites is 1. The molecule has 1 aromatic heterocycles. The first-order chi connectivity index (χ1) is 12.0. The highest BCUT2D eigenvalue weighted by molar-refractivity contribution is 6.08. The Bertz CT molecular complexity index is 1040. The van der Waals surface area contributed by atoms with E-state index in [1.807, 2.05) is 0 Å². The summed E-state index contributed by atoms with van der Waals surface area (Å²) in [6, 6.07) is 12.9. The molecule has 3 rings (SSSR count). The molecule has 0 fully saturated rings. The van der Waals surface area contributed by atoms with Gasteiger partial charge >= 0.3 is 5.63 Å². The maximum Gasteiger partial charge on any atom is 0.344 e. The molecule has 2 aromatic carbocycles. The zero-order valence-electron chi connectivity index (χ0n) is 13.7. The number of nitrogens with one attached hydrogen (secondary N) is 1. The molecule has 1 amide bonds. The Labute approximate surface area is 143 Å². The zero-order valence-corrected chi connectivity index (χ0v) is 13.7. The molecule has 0 saturated carbocycles. The first-order valence-electron chi connectivity index (χ1n) is 7.53. The lowest BCUT2D eigenvalue weighted by Crippen LogP contribution is -2.16. The number of amides is 1. The second-order valence-corrected chi connectivity index (χ2v) is 5.41. The molecule has 0 unspecified atom stereocenters. The summed E-state index contributed by atoms with van der Waals surface area (Å²) in [7, 11) is 1.51. The van der Waals surface area contributed by atoms with Crippen LogP contribution in [0.4, 0.5) is 5.69 Å². The maximum atomic E-state index is 12.5. The Hall–Kier alpha value is -3.41. The van der Waals surface area contributed by atoms with Gasteiger partial charge in [-0.1, -0.05) is 12.1 Å². The van der Waals surface area contributed by atoms with Crippen molar-refractivity contribution in [2.24, 2.45) is 0 Å². The number of ketones is 1. The molecule has 1 N–H and O–H groups in total. The third-order valence-electron chi connectivity index (χ3n) is 3.75. The number of carbonyl (C=O) groups is 2. The third-order valence-corrected chi connectivity index (χ3v) is 3.75. The van der Waals surface area contributed by atoms with Gasteiger partial charge in [-0.05, 0) is 48.7 Å². The second kappa shape index (κ2) is 6.60. The summed E-state index contributed by atoms with van der Waals surface area (Å²) in [6.45, 7) is 1.41. The first kappa shape index (κ1) is 16.4. The number of carbonyl (C=O) groups excluding carboxylic acids is 2. The lowest BCUT2D eigenvalue weighted by molar-refractivity contribution is 0.0993. The van der Waals surface area contributed by atoms with E-state index in [4.69, 9.17) is 9.15 Å².